The zero-order chi connectivity index (χ0) is 14.9. The summed E-state index contributed by atoms with van der Waals surface area (Å²) in [4.78, 5) is 0.719. The van der Waals surface area contributed by atoms with Gasteiger partial charge in [-0.05, 0) is 14.1 Å². The minimum Gasteiger partial charge on any atom is -0.303 e. The van der Waals surface area contributed by atoms with Crippen molar-refractivity contribution in [2.45, 2.75) is 46.0 Å². The van der Waals surface area contributed by atoms with Gasteiger partial charge in [-0.1, -0.05) is 27.7 Å². The number of halogens is 6. The topological polar surface area (TPSA) is 3.24 Å². The van der Waals surface area contributed by atoms with E-state index < -0.39 is 24.8 Å². The molecule has 0 heterocycles. The van der Waals surface area contributed by atoms with Gasteiger partial charge in [-0.25, -0.2) is 8.78 Å². The van der Waals surface area contributed by atoms with Crippen LogP contribution in [0.3, 0.4) is 0 Å². The molecule has 0 radical (unpaired) electrons. The van der Waals surface area contributed by atoms with Gasteiger partial charge in [-0.15, -0.1) is 0 Å². The van der Waals surface area contributed by atoms with Crippen molar-refractivity contribution in [3.05, 3.63) is 0 Å². The van der Waals surface area contributed by atoms with Crippen LogP contribution in [0.1, 0.15) is 27.7 Å². The molecule has 0 saturated heterocycles. The highest BCUT2D eigenvalue weighted by molar-refractivity contribution is 4.88. The predicted molar refractivity (Wildman–Crippen MR) is 57.1 cm³/mol. The SMILES string of the molecule is CC.CC.CN(C)CC(F)(F)C(F)(F)C(F)F. The van der Waals surface area contributed by atoms with Crippen LogP contribution in [0.25, 0.3) is 0 Å². The van der Waals surface area contributed by atoms with Gasteiger partial charge >= 0.3 is 18.3 Å². The number of hydrogen-bond donors (Lipinski definition) is 0. The highest BCUT2D eigenvalue weighted by atomic mass is 19.3. The summed E-state index contributed by atoms with van der Waals surface area (Å²) in [5.74, 6) is -10.00. The Bertz CT molecular complexity index is 170. The van der Waals surface area contributed by atoms with Gasteiger partial charge in [0.1, 0.15) is 0 Å². The van der Waals surface area contributed by atoms with Crippen LogP contribution in [0.2, 0.25) is 0 Å². The maximum atomic E-state index is 12.4. The lowest BCUT2D eigenvalue weighted by Gasteiger charge is -2.27. The lowest BCUT2D eigenvalue weighted by molar-refractivity contribution is -0.266. The van der Waals surface area contributed by atoms with Crippen molar-refractivity contribution >= 4 is 0 Å². The summed E-state index contributed by atoms with van der Waals surface area (Å²) < 4.78 is 72.2. The number of alkyl halides is 6. The molecule has 0 amide bonds. The van der Waals surface area contributed by atoms with E-state index in [1.54, 1.807) is 0 Å². The minimum absolute atomic E-state index is 0.719. The van der Waals surface area contributed by atoms with E-state index in [2.05, 4.69) is 0 Å². The van der Waals surface area contributed by atoms with Crippen molar-refractivity contribution in [2.24, 2.45) is 0 Å². The largest absolute Gasteiger partial charge is 0.370 e. The Morgan fingerprint density at radius 3 is 1.35 bits per heavy atom. The fraction of sp³-hybridized carbons (Fsp3) is 1.00. The molecule has 7 heteroatoms. The van der Waals surface area contributed by atoms with Gasteiger partial charge in [0.15, 0.2) is 0 Å². The van der Waals surface area contributed by atoms with Gasteiger partial charge in [0.2, 0.25) is 0 Å². The smallest absolute Gasteiger partial charge is 0.303 e. The summed E-state index contributed by atoms with van der Waals surface area (Å²) in [7, 11) is 2.19. The zero-order valence-corrected chi connectivity index (χ0v) is 11.0. The first-order valence-electron chi connectivity index (χ1n) is 5.30. The first kappa shape index (κ1) is 21.8. The summed E-state index contributed by atoms with van der Waals surface area (Å²) in [6, 6.07) is 0. The summed E-state index contributed by atoms with van der Waals surface area (Å²) in [5.41, 5.74) is 0. The van der Waals surface area contributed by atoms with Crippen LogP contribution in [-0.2, 0) is 0 Å². The molecule has 0 aliphatic rings. The average Bonchev–Trinajstić information content (AvgIpc) is 2.21. The number of hydrogen-bond acceptors (Lipinski definition) is 1. The van der Waals surface area contributed by atoms with Crippen LogP contribution in [0, 0.1) is 0 Å². The van der Waals surface area contributed by atoms with Crippen LogP contribution in [-0.4, -0.2) is 43.8 Å². The molecule has 0 rings (SSSR count). The van der Waals surface area contributed by atoms with E-state index in [9.17, 15) is 26.3 Å². The maximum Gasteiger partial charge on any atom is 0.370 e. The van der Waals surface area contributed by atoms with Crippen LogP contribution in [0.5, 0.6) is 0 Å². The normalized spacial score (nSPS) is 11.6. The minimum atomic E-state index is -5.28. The van der Waals surface area contributed by atoms with Crippen LogP contribution in [0.4, 0.5) is 26.3 Å². The molecule has 0 N–H and O–H groups in total. The monoisotopic (exact) mass is 269 g/mol. The molecule has 0 aromatic rings. The molecular weight excluding hydrogens is 248 g/mol. The maximum absolute atomic E-state index is 12.4. The Hall–Kier alpha value is -0.460. The molecule has 0 bridgehead atoms. The standard InChI is InChI=1S/C6H9F6N.2C2H6/c1-13(2)3-5(9,10)6(11,12)4(7)8;2*1-2/h4H,3H2,1-2H3;2*1-2H3. The van der Waals surface area contributed by atoms with E-state index in [1.165, 1.54) is 0 Å². The Labute approximate surface area is 98.8 Å². The molecule has 0 saturated carbocycles. The summed E-state index contributed by atoms with van der Waals surface area (Å²) in [6.07, 6.45) is -4.36. The van der Waals surface area contributed by atoms with Gasteiger partial charge in [0.25, 0.3) is 0 Å². The zero-order valence-electron chi connectivity index (χ0n) is 11.0. The quantitative estimate of drug-likeness (QED) is 0.693. The van der Waals surface area contributed by atoms with Crippen molar-refractivity contribution in [3.63, 3.8) is 0 Å². The molecule has 0 unspecified atom stereocenters. The molecule has 0 atom stereocenters. The van der Waals surface area contributed by atoms with Gasteiger partial charge < -0.3 is 4.90 Å². The molecule has 0 fully saturated rings. The van der Waals surface area contributed by atoms with Crippen molar-refractivity contribution < 1.29 is 26.3 Å². The highest BCUT2D eigenvalue weighted by Gasteiger charge is 2.62. The van der Waals surface area contributed by atoms with E-state index in [0.717, 1.165) is 19.0 Å². The second-order valence-corrected chi connectivity index (χ2v) is 2.87. The van der Waals surface area contributed by atoms with Gasteiger partial charge in [0, 0.05) is 0 Å². The Morgan fingerprint density at radius 1 is 0.882 bits per heavy atom. The average molecular weight is 269 g/mol. The van der Waals surface area contributed by atoms with Crippen molar-refractivity contribution in [3.8, 4) is 0 Å². The highest BCUT2D eigenvalue weighted by Crippen LogP contribution is 2.39. The predicted octanol–water partition coefficient (Wildman–Crippen LogP) is 4.14. The summed E-state index contributed by atoms with van der Waals surface area (Å²) >= 11 is 0. The second kappa shape index (κ2) is 9.56. The number of rotatable bonds is 4. The molecule has 0 spiro atoms. The molecule has 108 valence electrons. The summed E-state index contributed by atoms with van der Waals surface area (Å²) in [6.45, 7) is 6.59. The van der Waals surface area contributed by atoms with E-state index >= 15 is 0 Å². The molecule has 0 aromatic carbocycles. The third kappa shape index (κ3) is 7.46. The Balaban J connectivity index is -0.000000439. The lowest BCUT2D eigenvalue weighted by atomic mass is 10.1. The molecule has 0 aromatic heterocycles. The van der Waals surface area contributed by atoms with Gasteiger partial charge in [-0.3, -0.25) is 0 Å². The second-order valence-electron chi connectivity index (χ2n) is 2.87. The third-order valence-corrected chi connectivity index (χ3v) is 1.28. The van der Waals surface area contributed by atoms with E-state index in [0.29, 0.717) is 0 Å². The lowest BCUT2D eigenvalue weighted by Crippen LogP contribution is -2.51. The van der Waals surface area contributed by atoms with Crippen molar-refractivity contribution in [2.75, 3.05) is 20.6 Å². The van der Waals surface area contributed by atoms with Crippen LogP contribution >= 0.6 is 0 Å². The Morgan fingerprint density at radius 2 is 1.18 bits per heavy atom. The van der Waals surface area contributed by atoms with E-state index in [1.807, 2.05) is 27.7 Å². The van der Waals surface area contributed by atoms with E-state index in [4.69, 9.17) is 0 Å². The molecule has 17 heavy (non-hydrogen) atoms. The molecular formula is C10H21F6N. The van der Waals surface area contributed by atoms with E-state index in [-0.39, 0.29) is 0 Å². The van der Waals surface area contributed by atoms with Crippen LogP contribution in [0.15, 0.2) is 0 Å². The molecule has 1 nitrogen and oxygen atoms in total. The summed E-state index contributed by atoms with van der Waals surface area (Å²) in [5, 5.41) is 0. The van der Waals surface area contributed by atoms with Crippen molar-refractivity contribution in [1.82, 2.24) is 4.90 Å². The van der Waals surface area contributed by atoms with Gasteiger partial charge in [-0.2, -0.15) is 17.6 Å². The number of nitrogens with zero attached hydrogens (tertiary/aromatic N) is 1. The van der Waals surface area contributed by atoms with Crippen LogP contribution < -0.4 is 0 Å². The first-order valence-corrected chi connectivity index (χ1v) is 5.30. The Kier molecular flexibility index (Phi) is 12.2. The van der Waals surface area contributed by atoms with Gasteiger partial charge in [0.05, 0.1) is 6.54 Å². The van der Waals surface area contributed by atoms with Crippen molar-refractivity contribution in [1.29, 1.82) is 0 Å². The first-order chi connectivity index (χ1) is 7.61. The third-order valence-electron chi connectivity index (χ3n) is 1.28. The molecule has 0 aliphatic carbocycles. The molecule has 0 aliphatic heterocycles. The fourth-order valence-electron chi connectivity index (χ4n) is 0.662. The fourth-order valence-corrected chi connectivity index (χ4v) is 0.662.